The van der Waals surface area contributed by atoms with Crippen LogP contribution in [-0.2, 0) is 19.4 Å². The number of carbonyl (C=O) groups is 1. The zero-order chi connectivity index (χ0) is 18.1. The van der Waals surface area contributed by atoms with E-state index in [1.165, 1.54) is 0 Å². The molecule has 5 nitrogen and oxygen atoms in total. The number of benzene rings is 1. The third kappa shape index (κ3) is 6.18. The quantitative estimate of drug-likeness (QED) is 0.524. The molecule has 1 aromatic carbocycles. The zero-order valence-corrected chi connectivity index (χ0v) is 15.2. The SMILES string of the molecule is C#CCOCC1CCN(C(=O)CCCS(=O)(=O)c2ccccc2)CC1. The summed E-state index contributed by atoms with van der Waals surface area (Å²) in [5.74, 6) is 2.92. The Labute approximate surface area is 150 Å². The maximum atomic E-state index is 12.3. The van der Waals surface area contributed by atoms with E-state index in [0.717, 1.165) is 12.8 Å². The number of rotatable bonds is 8. The van der Waals surface area contributed by atoms with Crippen LogP contribution in [0.4, 0.5) is 0 Å². The van der Waals surface area contributed by atoms with E-state index in [1.807, 2.05) is 4.90 Å². The summed E-state index contributed by atoms with van der Waals surface area (Å²) in [7, 11) is -3.31. The Morgan fingerprint density at radius 3 is 2.56 bits per heavy atom. The average Bonchev–Trinajstić information content (AvgIpc) is 2.63. The Morgan fingerprint density at radius 2 is 1.92 bits per heavy atom. The molecule has 6 heteroatoms. The predicted molar refractivity (Wildman–Crippen MR) is 96.7 cm³/mol. The smallest absolute Gasteiger partial charge is 0.222 e. The molecule has 0 N–H and O–H groups in total. The number of hydrogen-bond donors (Lipinski definition) is 0. The van der Waals surface area contributed by atoms with Crippen LogP contribution in [0.2, 0.25) is 0 Å². The molecule has 1 heterocycles. The average molecular weight is 363 g/mol. The molecule has 1 aliphatic heterocycles. The molecule has 0 aromatic heterocycles. The van der Waals surface area contributed by atoms with Gasteiger partial charge in [-0.15, -0.1) is 6.42 Å². The van der Waals surface area contributed by atoms with E-state index in [0.29, 0.717) is 43.5 Å². The molecule has 136 valence electrons. The molecule has 0 spiro atoms. The molecule has 0 bridgehead atoms. The lowest BCUT2D eigenvalue weighted by Crippen LogP contribution is -2.39. The number of amides is 1. The van der Waals surface area contributed by atoms with Gasteiger partial charge < -0.3 is 9.64 Å². The van der Waals surface area contributed by atoms with E-state index >= 15 is 0 Å². The first kappa shape index (κ1) is 19.5. The summed E-state index contributed by atoms with van der Waals surface area (Å²) in [5.41, 5.74) is 0. The first-order chi connectivity index (χ1) is 12.0. The minimum atomic E-state index is -3.31. The first-order valence-electron chi connectivity index (χ1n) is 8.59. The van der Waals surface area contributed by atoms with Gasteiger partial charge in [0.2, 0.25) is 5.91 Å². The van der Waals surface area contributed by atoms with Crippen molar-refractivity contribution in [1.82, 2.24) is 4.90 Å². The normalized spacial score (nSPS) is 15.7. The molecule has 0 atom stereocenters. The van der Waals surface area contributed by atoms with E-state index < -0.39 is 9.84 Å². The topological polar surface area (TPSA) is 63.7 Å². The Morgan fingerprint density at radius 1 is 1.24 bits per heavy atom. The third-order valence-corrected chi connectivity index (χ3v) is 6.23. The van der Waals surface area contributed by atoms with Gasteiger partial charge in [-0.2, -0.15) is 0 Å². The van der Waals surface area contributed by atoms with Crippen LogP contribution in [0.5, 0.6) is 0 Å². The van der Waals surface area contributed by atoms with Gasteiger partial charge in [0.25, 0.3) is 0 Å². The van der Waals surface area contributed by atoms with E-state index in [9.17, 15) is 13.2 Å². The fourth-order valence-corrected chi connectivity index (χ4v) is 4.28. The number of sulfone groups is 1. The van der Waals surface area contributed by atoms with E-state index in [2.05, 4.69) is 5.92 Å². The van der Waals surface area contributed by atoms with Gasteiger partial charge in [0.15, 0.2) is 9.84 Å². The van der Waals surface area contributed by atoms with Gasteiger partial charge in [0, 0.05) is 19.5 Å². The molecule has 2 rings (SSSR count). The highest BCUT2D eigenvalue weighted by molar-refractivity contribution is 7.91. The predicted octanol–water partition coefficient (Wildman–Crippen LogP) is 2.13. The van der Waals surface area contributed by atoms with Crippen molar-refractivity contribution in [3.63, 3.8) is 0 Å². The number of ether oxygens (including phenoxy) is 1. The Kier molecular flexibility index (Phi) is 7.48. The lowest BCUT2D eigenvalue weighted by atomic mass is 9.97. The monoisotopic (exact) mass is 363 g/mol. The molecule has 0 radical (unpaired) electrons. The van der Waals surface area contributed by atoms with Crippen LogP contribution in [0.25, 0.3) is 0 Å². The first-order valence-corrected chi connectivity index (χ1v) is 10.2. The van der Waals surface area contributed by atoms with Crippen molar-refractivity contribution >= 4 is 15.7 Å². The molecular formula is C19H25NO4S. The molecule has 0 unspecified atom stereocenters. The van der Waals surface area contributed by atoms with Gasteiger partial charge >= 0.3 is 0 Å². The fourth-order valence-electron chi connectivity index (χ4n) is 2.95. The molecule has 0 aliphatic carbocycles. The van der Waals surface area contributed by atoms with Crippen LogP contribution < -0.4 is 0 Å². The standard InChI is InChI=1S/C19H25NO4S/c1-2-14-24-16-17-10-12-20(13-11-17)19(21)9-6-15-25(22,23)18-7-4-3-5-8-18/h1,3-5,7-8,17H,6,9-16H2. The molecule has 1 amide bonds. The fraction of sp³-hybridized carbons (Fsp3) is 0.526. The van der Waals surface area contributed by atoms with Crippen LogP contribution in [-0.4, -0.2) is 51.3 Å². The minimum Gasteiger partial charge on any atom is -0.369 e. The largest absolute Gasteiger partial charge is 0.369 e. The van der Waals surface area contributed by atoms with Gasteiger partial charge in [-0.25, -0.2) is 8.42 Å². The summed E-state index contributed by atoms with van der Waals surface area (Å²) in [6, 6.07) is 8.36. The Bertz CT molecular complexity index is 686. The van der Waals surface area contributed by atoms with Crippen molar-refractivity contribution in [3.8, 4) is 12.3 Å². The summed E-state index contributed by atoms with van der Waals surface area (Å²) in [5, 5.41) is 0. The maximum Gasteiger partial charge on any atom is 0.222 e. The number of likely N-dealkylation sites (tertiary alicyclic amines) is 1. The van der Waals surface area contributed by atoms with E-state index in [1.54, 1.807) is 30.3 Å². The lowest BCUT2D eigenvalue weighted by molar-refractivity contribution is -0.132. The molecule has 1 aliphatic rings. The van der Waals surface area contributed by atoms with Crippen LogP contribution in [0.15, 0.2) is 35.2 Å². The van der Waals surface area contributed by atoms with Crippen molar-refractivity contribution in [3.05, 3.63) is 30.3 Å². The molecule has 1 saturated heterocycles. The second-order valence-electron chi connectivity index (χ2n) is 6.28. The van der Waals surface area contributed by atoms with Crippen molar-refractivity contribution in [2.24, 2.45) is 5.92 Å². The molecule has 1 fully saturated rings. The Balaban J connectivity index is 1.70. The summed E-state index contributed by atoms with van der Waals surface area (Å²) >= 11 is 0. The third-order valence-electron chi connectivity index (χ3n) is 4.41. The van der Waals surface area contributed by atoms with Gasteiger partial charge in [0.1, 0.15) is 6.61 Å². The second kappa shape index (κ2) is 9.59. The van der Waals surface area contributed by atoms with Gasteiger partial charge in [-0.3, -0.25) is 4.79 Å². The van der Waals surface area contributed by atoms with Crippen LogP contribution in [0.1, 0.15) is 25.7 Å². The number of nitrogens with zero attached hydrogens (tertiary/aromatic N) is 1. The highest BCUT2D eigenvalue weighted by Gasteiger charge is 2.23. The zero-order valence-electron chi connectivity index (χ0n) is 14.4. The highest BCUT2D eigenvalue weighted by atomic mass is 32.2. The number of carbonyl (C=O) groups excluding carboxylic acids is 1. The second-order valence-corrected chi connectivity index (χ2v) is 8.39. The van der Waals surface area contributed by atoms with Crippen molar-refractivity contribution in [2.45, 2.75) is 30.6 Å². The summed E-state index contributed by atoms with van der Waals surface area (Å²) in [6.07, 6.45) is 7.57. The van der Waals surface area contributed by atoms with Crippen LogP contribution in [0, 0.1) is 18.3 Å². The maximum absolute atomic E-state index is 12.3. The van der Waals surface area contributed by atoms with Crippen molar-refractivity contribution in [1.29, 1.82) is 0 Å². The van der Waals surface area contributed by atoms with Gasteiger partial charge in [0.05, 0.1) is 17.3 Å². The van der Waals surface area contributed by atoms with Crippen LogP contribution in [0.3, 0.4) is 0 Å². The summed E-state index contributed by atoms with van der Waals surface area (Å²) in [6.45, 7) is 2.37. The van der Waals surface area contributed by atoms with Crippen LogP contribution >= 0.6 is 0 Å². The van der Waals surface area contributed by atoms with E-state index in [4.69, 9.17) is 11.2 Å². The minimum absolute atomic E-state index is 0.000846. The Hall–Kier alpha value is -1.84. The number of piperidine rings is 1. The number of terminal acetylenes is 1. The molecule has 25 heavy (non-hydrogen) atoms. The summed E-state index contributed by atoms with van der Waals surface area (Å²) in [4.78, 5) is 14.4. The van der Waals surface area contributed by atoms with Crippen molar-refractivity contribution < 1.29 is 17.9 Å². The highest BCUT2D eigenvalue weighted by Crippen LogP contribution is 2.19. The lowest BCUT2D eigenvalue weighted by Gasteiger charge is -2.31. The van der Waals surface area contributed by atoms with Crippen molar-refractivity contribution in [2.75, 3.05) is 32.1 Å². The van der Waals surface area contributed by atoms with Gasteiger partial charge in [-0.05, 0) is 37.3 Å². The number of hydrogen-bond acceptors (Lipinski definition) is 4. The van der Waals surface area contributed by atoms with E-state index in [-0.39, 0.29) is 18.1 Å². The molecule has 1 aromatic rings. The molecular weight excluding hydrogens is 338 g/mol. The summed E-state index contributed by atoms with van der Waals surface area (Å²) < 4.78 is 29.8. The van der Waals surface area contributed by atoms with Gasteiger partial charge in [-0.1, -0.05) is 24.1 Å². The molecule has 0 saturated carbocycles.